The SMILES string of the molecule is COc1ccc(OC)c(C2CN=C(N)N2CC(C)C)c1. The van der Waals surface area contributed by atoms with Gasteiger partial charge in [-0.3, -0.25) is 4.99 Å². The fourth-order valence-corrected chi connectivity index (χ4v) is 2.51. The monoisotopic (exact) mass is 277 g/mol. The predicted octanol–water partition coefficient (Wildman–Crippen LogP) is 2.03. The van der Waals surface area contributed by atoms with Crippen molar-refractivity contribution in [2.24, 2.45) is 16.6 Å². The zero-order chi connectivity index (χ0) is 14.7. The Balaban J connectivity index is 2.34. The minimum absolute atomic E-state index is 0.113. The maximum Gasteiger partial charge on any atom is 0.191 e. The van der Waals surface area contributed by atoms with Gasteiger partial charge in [0.05, 0.1) is 26.8 Å². The number of hydrogen-bond acceptors (Lipinski definition) is 5. The molecule has 1 unspecified atom stereocenters. The second-order valence-corrected chi connectivity index (χ2v) is 5.37. The van der Waals surface area contributed by atoms with E-state index < -0.39 is 0 Å². The highest BCUT2D eigenvalue weighted by Crippen LogP contribution is 2.35. The lowest BCUT2D eigenvalue weighted by molar-refractivity contribution is 0.298. The van der Waals surface area contributed by atoms with Gasteiger partial charge in [-0.05, 0) is 24.1 Å². The summed E-state index contributed by atoms with van der Waals surface area (Å²) in [5, 5.41) is 0. The normalized spacial score (nSPS) is 18.4. The average Bonchev–Trinajstić information content (AvgIpc) is 2.79. The number of ether oxygens (including phenoxy) is 2. The number of rotatable bonds is 5. The molecule has 1 atom stereocenters. The highest BCUT2D eigenvalue weighted by molar-refractivity contribution is 5.80. The minimum atomic E-state index is 0.113. The van der Waals surface area contributed by atoms with E-state index in [1.807, 2.05) is 18.2 Å². The van der Waals surface area contributed by atoms with Crippen LogP contribution in [0.15, 0.2) is 23.2 Å². The zero-order valence-corrected chi connectivity index (χ0v) is 12.6. The van der Waals surface area contributed by atoms with Crippen LogP contribution in [0.4, 0.5) is 0 Å². The molecule has 0 bridgehead atoms. The van der Waals surface area contributed by atoms with Crippen LogP contribution in [0.1, 0.15) is 25.5 Å². The molecule has 0 radical (unpaired) electrons. The van der Waals surface area contributed by atoms with Crippen molar-refractivity contribution in [3.63, 3.8) is 0 Å². The molecule has 0 saturated heterocycles. The summed E-state index contributed by atoms with van der Waals surface area (Å²) >= 11 is 0. The Labute approximate surface area is 120 Å². The van der Waals surface area contributed by atoms with Gasteiger partial charge in [0.15, 0.2) is 5.96 Å². The molecule has 0 fully saturated rings. The molecule has 1 aliphatic heterocycles. The van der Waals surface area contributed by atoms with E-state index >= 15 is 0 Å². The van der Waals surface area contributed by atoms with E-state index in [0.29, 0.717) is 18.4 Å². The first kappa shape index (κ1) is 14.5. The second-order valence-electron chi connectivity index (χ2n) is 5.37. The Kier molecular flexibility index (Phi) is 4.37. The highest BCUT2D eigenvalue weighted by Gasteiger charge is 2.30. The van der Waals surface area contributed by atoms with E-state index in [2.05, 4.69) is 23.7 Å². The van der Waals surface area contributed by atoms with Gasteiger partial charge in [-0.25, -0.2) is 0 Å². The summed E-state index contributed by atoms with van der Waals surface area (Å²) in [5.74, 6) is 2.78. The molecule has 2 rings (SSSR count). The number of guanidine groups is 1. The van der Waals surface area contributed by atoms with E-state index in [9.17, 15) is 0 Å². The Morgan fingerprint density at radius 1 is 1.35 bits per heavy atom. The Hall–Kier alpha value is -1.91. The number of benzene rings is 1. The third kappa shape index (κ3) is 2.81. The number of hydrogen-bond donors (Lipinski definition) is 1. The first-order valence-electron chi connectivity index (χ1n) is 6.85. The van der Waals surface area contributed by atoms with Crippen molar-refractivity contribution in [1.29, 1.82) is 0 Å². The molecule has 0 aliphatic carbocycles. The van der Waals surface area contributed by atoms with Crippen LogP contribution in [-0.4, -0.2) is 38.2 Å². The van der Waals surface area contributed by atoms with Crippen molar-refractivity contribution in [1.82, 2.24) is 4.90 Å². The van der Waals surface area contributed by atoms with E-state index in [4.69, 9.17) is 15.2 Å². The molecule has 1 heterocycles. The fraction of sp³-hybridized carbons (Fsp3) is 0.533. The van der Waals surface area contributed by atoms with Crippen LogP contribution in [0, 0.1) is 5.92 Å². The lowest BCUT2D eigenvalue weighted by atomic mass is 10.0. The number of methoxy groups -OCH3 is 2. The first-order chi connectivity index (χ1) is 9.56. The molecule has 1 aliphatic rings. The smallest absolute Gasteiger partial charge is 0.191 e. The van der Waals surface area contributed by atoms with Crippen LogP contribution >= 0.6 is 0 Å². The summed E-state index contributed by atoms with van der Waals surface area (Å²) in [7, 11) is 3.34. The number of nitrogens with zero attached hydrogens (tertiary/aromatic N) is 2. The van der Waals surface area contributed by atoms with E-state index in [1.165, 1.54) is 0 Å². The lowest BCUT2D eigenvalue weighted by Gasteiger charge is -2.29. The molecule has 0 saturated carbocycles. The molecular formula is C15H23N3O2. The first-order valence-corrected chi connectivity index (χ1v) is 6.85. The molecular weight excluding hydrogens is 254 g/mol. The number of nitrogens with two attached hydrogens (primary N) is 1. The summed E-state index contributed by atoms with van der Waals surface area (Å²) in [6, 6.07) is 5.94. The molecule has 110 valence electrons. The summed E-state index contributed by atoms with van der Waals surface area (Å²) in [4.78, 5) is 6.52. The van der Waals surface area contributed by atoms with Crippen molar-refractivity contribution >= 4 is 5.96 Å². The largest absolute Gasteiger partial charge is 0.497 e. The molecule has 0 aromatic heterocycles. The van der Waals surface area contributed by atoms with Gasteiger partial charge in [0.1, 0.15) is 11.5 Å². The van der Waals surface area contributed by atoms with Crippen LogP contribution in [0.25, 0.3) is 0 Å². The molecule has 5 nitrogen and oxygen atoms in total. The van der Waals surface area contributed by atoms with Crippen LogP contribution in [0.2, 0.25) is 0 Å². The molecule has 2 N–H and O–H groups in total. The van der Waals surface area contributed by atoms with Crippen molar-refractivity contribution < 1.29 is 9.47 Å². The van der Waals surface area contributed by atoms with Crippen molar-refractivity contribution in [2.75, 3.05) is 27.3 Å². The second kappa shape index (κ2) is 6.03. The lowest BCUT2D eigenvalue weighted by Crippen LogP contribution is -2.38. The Bertz CT molecular complexity index is 500. The molecule has 1 aromatic carbocycles. The number of aliphatic imine (C=N–C) groups is 1. The summed E-state index contributed by atoms with van der Waals surface area (Å²) in [6.45, 7) is 5.87. The van der Waals surface area contributed by atoms with Gasteiger partial charge in [0.25, 0.3) is 0 Å². The van der Waals surface area contributed by atoms with Crippen molar-refractivity contribution in [2.45, 2.75) is 19.9 Å². The fourth-order valence-electron chi connectivity index (χ4n) is 2.51. The average molecular weight is 277 g/mol. The zero-order valence-electron chi connectivity index (χ0n) is 12.6. The van der Waals surface area contributed by atoms with Crippen LogP contribution < -0.4 is 15.2 Å². The van der Waals surface area contributed by atoms with E-state index in [-0.39, 0.29) is 6.04 Å². The van der Waals surface area contributed by atoms with Gasteiger partial charge in [-0.1, -0.05) is 13.8 Å². The third-order valence-corrected chi connectivity index (χ3v) is 3.45. The topological polar surface area (TPSA) is 60.1 Å². The van der Waals surface area contributed by atoms with Crippen LogP contribution in [0.5, 0.6) is 11.5 Å². The minimum Gasteiger partial charge on any atom is -0.497 e. The maximum absolute atomic E-state index is 6.02. The maximum atomic E-state index is 6.02. The summed E-state index contributed by atoms with van der Waals surface area (Å²) in [6.07, 6.45) is 0. The van der Waals surface area contributed by atoms with Gasteiger partial charge in [-0.15, -0.1) is 0 Å². The summed E-state index contributed by atoms with van der Waals surface area (Å²) in [5.41, 5.74) is 7.09. The summed E-state index contributed by atoms with van der Waals surface area (Å²) < 4.78 is 10.8. The molecule has 0 amide bonds. The van der Waals surface area contributed by atoms with Gasteiger partial charge in [0, 0.05) is 12.1 Å². The van der Waals surface area contributed by atoms with Crippen molar-refractivity contribution in [3.05, 3.63) is 23.8 Å². The van der Waals surface area contributed by atoms with Gasteiger partial charge >= 0.3 is 0 Å². The molecule has 0 spiro atoms. The van der Waals surface area contributed by atoms with Crippen molar-refractivity contribution in [3.8, 4) is 11.5 Å². The van der Waals surface area contributed by atoms with Gasteiger partial charge < -0.3 is 20.1 Å². The third-order valence-electron chi connectivity index (χ3n) is 3.45. The Morgan fingerprint density at radius 3 is 2.70 bits per heavy atom. The molecule has 1 aromatic rings. The standard InChI is InChI=1S/C15H23N3O2/c1-10(2)9-18-13(8-17-15(18)16)12-7-11(19-3)5-6-14(12)20-4/h5-7,10,13H,8-9H2,1-4H3,(H2,16,17). The van der Waals surface area contributed by atoms with E-state index in [0.717, 1.165) is 23.6 Å². The van der Waals surface area contributed by atoms with Crippen LogP contribution in [0.3, 0.4) is 0 Å². The molecule has 20 heavy (non-hydrogen) atoms. The van der Waals surface area contributed by atoms with E-state index in [1.54, 1.807) is 14.2 Å². The molecule has 5 heteroatoms. The van der Waals surface area contributed by atoms with Gasteiger partial charge in [-0.2, -0.15) is 0 Å². The highest BCUT2D eigenvalue weighted by atomic mass is 16.5. The quantitative estimate of drug-likeness (QED) is 0.894. The predicted molar refractivity (Wildman–Crippen MR) is 80.3 cm³/mol. The Morgan fingerprint density at radius 2 is 2.10 bits per heavy atom. The van der Waals surface area contributed by atoms with Gasteiger partial charge in [0.2, 0.25) is 0 Å². The van der Waals surface area contributed by atoms with Crippen LogP contribution in [-0.2, 0) is 0 Å².